The van der Waals surface area contributed by atoms with E-state index in [9.17, 15) is 4.79 Å². The highest BCUT2D eigenvalue weighted by atomic mass is 16.5. The topological polar surface area (TPSA) is 26.3 Å². The second-order valence-electron chi connectivity index (χ2n) is 7.40. The zero-order valence-electron chi connectivity index (χ0n) is 13.0. The normalized spacial score (nSPS) is 37.6. The zero-order valence-corrected chi connectivity index (χ0v) is 13.0. The van der Waals surface area contributed by atoms with Crippen LogP contribution in [0, 0.1) is 17.3 Å². The lowest BCUT2D eigenvalue weighted by molar-refractivity contribution is -0.129. The quantitative estimate of drug-likeness (QED) is 0.775. The molecule has 4 rings (SSSR count). The highest BCUT2D eigenvalue weighted by Gasteiger charge is 2.54. The Bertz CT molecular complexity index is 591. The molecule has 0 aliphatic heterocycles. The van der Waals surface area contributed by atoms with E-state index in [0.717, 1.165) is 37.4 Å². The molecule has 4 atom stereocenters. The van der Waals surface area contributed by atoms with E-state index < -0.39 is 0 Å². The average molecular weight is 284 g/mol. The summed E-state index contributed by atoms with van der Waals surface area (Å²) in [5.41, 5.74) is 3.00. The largest absolute Gasteiger partial charge is 0.497 e. The highest BCUT2D eigenvalue weighted by molar-refractivity contribution is 5.87. The molecule has 0 saturated heterocycles. The first-order chi connectivity index (χ1) is 10.1. The molecule has 0 N–H and O–H groups in total. The van der Waals surface area contributed by atoms with Crippen molar-refractivity contribution in [1.29, 1.82) is 0 Å². The second kappa shape index (κ2) is 4.59. The van der Waals surface area contributed by atoms with Crippen molar-refractivity contribution >= 4 is 5.78 Å². The lowest BCUT2D eigenvalue weighted by atomic mass is 9.55. The fraction of sp³-hybridized carbons (Fsp3) is 0.632. The first-order valence-corrected chi connectivity index (χ1v) is 8.33. The molecule has 0 aromatic heterocycles. The minimum Gasteiger partial charge on any atom is -0.497 e. The van der Waals surface area contributed by atoms with Gasteiger partial charge in [0.05, 0.1) is 7.11 Å². The molecular formula is C19H24O2. The third-order valence-electron chi connectivity index (χ3n) is 6.64. The summed E-state index contributed by atoms with van der Waals surface area (Å²) in [6.07, 6.45) is 6.61. The highest BCUT2D eigenvalue weighted by Crippen LogP contribution is 2.59. The van der Waals surface area contributed by atoms with E-state index in [1.807, 2.05) is 0 Å². The van der Waals surface area contributed by atoms with Crippen LogP contribution in [-0.4, -0.2) is 12.9 Å². The van der Waals surface area contributed by atoms with Gasteiger partial charge in [0, 0.05) is 11.8 Å². The summed E-state index contributed by atoms with van der Waals surface area (Å²) < 4.78 is 5.37. The zero-order chi connectivity index (χ0) is 14.6. The Morgan fingerprint density at radius 2 is 2.05 bits per heavy atom. The molecule has 2 fully saturated rings. The molecule has 112 valence electrons. The number of ether oxygens (including phenoxy) is 1. The van der Waals surface area contributed by atoms with Gasteiger partial charge in [0.25, 0.3) is 0 Å². The van der Waals surface area contributed by atoms with Crippen LogP contribution >= 0.6 is 0 Å². The average Bonchev–Trinajstić information content (AvgIpc) is 2.82. The predicted molar refractivity (Wildman–Crippen MR) is 82.6 cm³/mol. The molecule has 1 aromatic carbocycles. The second-order valence-corrected chi connectivity index (χ2v) is 7.40. The Morgan fingerprint density at radius 1 is 1.19 bits per heavy atom. The molecule has 3 aliphatic rings. The van der Waals surface area contributed by atoms with Gasteiger partial charge in [-0.05, 0) is 73.1 Å². The minimum absolute atomic E-state index is 0.00879. The summed E-state index contributed by atoms with van der Waals surface area (Å²) in [5, 5.41) is 0. The third-order valence-corrected chi connectivity index (χ3v) is 6.64. The van der Waals surface area contributed by atoms with Crippen molar-refractivity contribution in [3.63, 3.8) is 0 Å². The molecule has 2 heteroatoms. The monoisotopic (exact) mass is 284 g/mol. The summed E-state index contributed by atoms with van der Waals surface area (Å²) in [4.78, 5) is 12.3. The van der Waals surface area contributed by atoms with Crippen LogP contribution in [0.2, 0.25) is 0 Å². The molecular weight excluding hydrogens is 260 g/mol. The fourth-order valence-corrected chi connectivity index (χ4v) is 5.46. The fourth-order valence-electron chi connectivity index (χ4n) is 5.46. The third kappa shape index (κ3) is 1.81. The van der Waals surface area contributed by atoms with E-state index in [4.69, 9.17) is 4.74 Å². The van der Waals surface area contributed by atoms with Crippen LogP contribution in [0.25, 0.3) is 0 Å². The van der Waals surface area contributed by atoms with Crippen molar-refractivity contribution in [2.75, 3.05) is 7.11 Å². The van der Waals surface area contributed by atoms with Gasteiger partial charge in [0.1, 0.15) is 11.5 Å². The van der Waals surface area contributed by atoms with Crippen molar-refractivity contribution in [3.05, 3.63) is 29.3 Å². The summed E-state index contributed by atoms with van der Waals surface area (Å²) in [6.45, 7) is 2.24. The molecule has 21 heavy (non-hydrogen) atoms. The number of Topliss-reactive ketones (excluding diaryl/α,β-unsaturated/α-hetero) is 1. The van der Waals surface area contributed by atoms with Crippen molar-refractivity contribution in [1.82, 2.24) is 0 Å². The van der Waals surface area contributed by atoms with Gasteiger partial charge in [0.15, 0.2) is 0 Å². The number of methoxy groups -OCH3 is 1. The van der Waals surface area contributed by atoms with Gasteiger partial charge in [0.2, 0.25) is 0 Å². The lowest BCUT2D eigenvalue weighted by Crippen LogP contribution is -2.42. The number of benzene rings is 1. The number of aryl methyl sites for hydroxylation is 1. The maximum absolute atomic E-state index is 12.3. The maximum Gasteiger partial charge on any atom is 0.139 e. The summed E-state index contributed by atoms with van der Waals surface area (Å²) in [7, 11) is 1.74. The lowest BCUT2D eigenvalue weighted by Gasteiger charge is -2.48. The molecule has 0 heterocycles. The van der Waals surface area contributed by atoms with Gasteiger partial charge in [-0.15, -0.1) is 0 Å². The molecule has 1 aromatic rings. The van der Waals surface area contributed by atoms with Gasteiger partial charge in [-0.2, -0.15) is 0 Å². The standard InChI is InChI=1S/C19H24O2/c1-19-10-9-15-14-6-4-13(21-2)11-12(14)3-5-16(15)17(19)7-8-18(19)20/h4,6,11,15-17H,3,5,7-10H2,1-2H3/t15-,16-,17+,19-/m1/s1. The van der Waals surface area contributed by atoms with E-state index in [-0.39, 0.29) is 5.41 Å². The summed E-state index contributed by atoms with van der Waals surface area (Å²) in [6, 6.07) is 6.61. The predicted octanol–water partition coefficient (Wildman–Crippen LogP) is 4.12. The number of fused-ring (bicyclic) bond motifs is 5. The van der Waals surface area contributed by atoms with Gasteiger partial charge in [-0.25, -0.2) is 0 Å². The van der Waals surface area contributed by atoms with Gasteiger partial charge in [-0.1, -0.05) is 13.0 Å². The Morgan fingerprint density at radius 3 is 2.86 bits per heavy atom. The van der Waals surface area contributed by atoms with Crippen LogP contribution in [0.4, 0.5) is 0 Å². The Kier molecular flexibility index (Phi) is 2.92. The number of hydrogen-bond acceptors (Lipinski definition) is 2. The molecule has 0 unspecified atom stereocenters. The molecule has 0 spiro atoms. The van der Waals surface area contributed by atoms with Crippen LogP contribution in [0.3, 0.4) is 0 Å². The van der Waals surface area contributed by atoms with Crippen LogP contribution in [-0.2, 0) is 11.2 Å². The van der Waals surface area contributed by atoms with E-state index in [2.05, 4.69) is 25.1 Å². The SMILES string of the molecule is COc1ccc2c(c1)CC[C@@H]1[C@@H]2CC[C@@]2(C)C(=O)CC[C@@H]12. The van der Waals surface area contributed by atoms with Gasteiger partial charge >= 0.3 is 0 Å². The van der Waals surface area contributed by atoms with E-state index in [1.54, 1.807) is 7.11 Å². The maximum atomic E-state index is 12.3. The van der Waals surface area contributed by atoms with Crippen molar-refractivity contribution in [2.24, 2.45) is 17.3 Å². The van der Waals surface area contributed by atoms with Crippen LogP contribution in [0.15, 0.2) is 18.2 Å². The summed E-state index contributed by atoms with van der Waals surface area (Å²) >= 11 is 0. The molecule has 3 aliphatic carbocycles. The molecule has 0 amide bonds. The first kappa shape index (κ1) is 13.4. The number of carbonyl (C=O) groups excluding carboxylic acids is 1. The van der Waals surface area contributed by atoms with Gasteiger partial charge < -0.3 is 4.74 Å². The summed E-state index contributed by atoms with van der Waals surface area (Å²) in [5.74, 6) is 3.52. The molecule has 0 radical (unpaired) electrons. The number of ketones is 1. The van der Waals surface area contributed by atoms with E-state index in [1.165, 1.54) is 24.0 Å². The van der Waals surface area contributed by atoms with Gasteiger partial charge in [-0.3, -0.25) is 4.79 Å². The Labute approximate surface area is 126 Å². The molecule has 2 nitrogen and oxygen atoms in total. The first-order valence-electron chi connectivity index (χ1n) is 8.33. The smallest absolute Gasteiger partial charge is 0.139 e. The van der Waals surface area contributed by atoms with Crippen LogP contribution < -0.4 is 4.74 Å². The molecule has 0 bridgehead atoms. The number of rotatable bonds is 1. The van der Waals surface area contributed by atoms with Crippen molar-refractivity contribution < 1.29 is 9.53 Å². The number of carbonyl (C=O) groups is 1. The Hall–Kier alpha value is -1.31. The number of hydrogen-bond donors (Lipinski definition) is 0. The van der Waals surface area contributed by atoms with Crippen LogP contribution in [0.5, 0.6) is 5.75 Å². The van der Waals surface area contributed by atoms with Crippen LogP contribution in [0.1, 0.15) is 56.1 Å². The molecule has 2 saturated carbocycles. The Balaban J connectivity index is 1.70. The minimum atomic E-state index is -0.00879. The van der Waals surface area contributed by atoms with E-state index in [0.29, 0.717) is 17.6 Å². The van der Waals surface area contributed by atoms with E-state index >= 15 is 0 Å². The van der Waals surface area contributed by atoms with Crippen molar-refractivity contribution in [3.8, 4) is 5.75 Å². The van der Waals surface area contributed by atoms with Crippen molar-refractivity contribution in [2.45, 2.75) is 51.4 Å².